The van der Waals surface area contributed by atoms with Gasteiger partial charge in [0.15, 0.2) is 5.78 Å². The van der Waals surface area contributed by atoms with Crippen molar-refractivity contribution in [3.8, 4) is 0 Å². The minimum absolute atomic E-state index is 0.0606. The Hall–Kier alpha value is -2.95. The van der Waals surface area contributed by atoms with Gasteiger partial charge >= 0.3 is 0 Å². The van der Waals surface area contributed by atoms with E-state index in [2.05, 4.69) is 11.5 Å². The number of ketones is 1. The first-order valence-electron chi connectivity index (χ1n) is 10.9. The van der Waals surface area contributed by atoms with Crippen molar-refractivity contribution in [1.29, 1.82) is 0 Å². The summed E-state index contributed by atoms with van der Waals surface area (Å²) in [7, 11) is 1.86. The number of imidazole rings is 1. The van der Waals surface area contributed by atoms with E-state index >= 15 is 0 Å². The van der Waals surface area contributed by atoms with Gasteiger partial charge in [-0.3, -0.25) is 9.59 Å². The molecule has 0 unspecified atom stereocenters. The van der Waals surface area contributed by atoms with Crippen molar-refractivity contribution in [2.24, 2.45) is 5.92 Å². The number of Topliss-reactive ketones (excluding diaryl/α,β-unsaturated/α-hetero) is 1. The number of aromatic nitrogens is 2. The lowest BCUT2D eigenvalue weighted by atomic mass is 9.88. The molecule has 1 heterocycles. The second-order valence-corrected chi connectivity index (χ2v) is 8.14. The van der Waals surface area contributed by atoms with Gasteiger partial charge in [-0.15, -0.1) is 0 Å². The van der Waals surface area contributed by atoms with Crippen molar-refractivity contribution in [3.63, 3.8) is 0 Å². The van der Waals surface area contributed by atoms with Crippen LogP contribution in [0.15, 0.2) is 48.5 Å². The molecule has 30 heavy (non-hydrogen) atoms. The summed E-state index contributed by atoms with van der Waals surface area (Å²) in [6.45, 7) is 2.80. The summed E-state index contributed by atoms with van der Waals surface area (Å²) in [5.74, 6) is 1.15. The summed E-state index contributed by atoms with van der Waals surface area (Å²) in [4.78, 5) is 32.2. The quantitative estimate of drug-likeness (QED) is 0.543. The number of rotatable bonds is 6. The Morgan fingerprint density at radius 2 is 1.80 bits per heavy atom. The van der Waals surface area contributed by atoms with Gasteiger partial charge < -0.3 is 9.47 Å². The Labute approximate surface area is 177 Å². The molecule has 0 N–H and O–H groups in total. The highest BCUT2D eigenvalue weighted by molar-refractivity contribution is 5.98. The zero-order valence-corrected chi connectivity index (χ0v) is 17.8. The molecular formula is C25H29N3O2. The lowest BCUT2D eigenvalue weighted by Crippen LogP contribution is -2.33. The molecule has 1 fully saturated rings. The van der Waals surface area contributed by atoms with Crippen molar-refractivity contribution < 1.29 is 9.59 Å². The molecule has 1 amide bonds. The molecule has 0 aliphatic heterocycles. The third kappa shape index (κ3) is 4.02. The lowest BCUT2D eigenvalue weighted by Gasteiger charge is -2.26. The van der Waals surface area contributed by atoms with Gasteiger partial charge in [-0.05, 0) is 38.0 Å². The third-order valence-electron chi connectivity index (χ3n) is 6.21. The van der Waals surface area contributed by atoms with Gasteiger partial charge in [-0.25, -0.2) is 4.98 Å². The Kier molecular flexibility index (Phi) is 5.98. The van der Waals surface area contributed by atoms with Gasteiger partial charge in [0.05, 0.1) is 17.5 Å². The largest absolute Gasteiger partial charge is 0.328 e. The van der Waals surface area contributed by atoms with Crippen LogP contribution in [0.3, 0.4) is 0 Å². The maximum atomic E-state index is 12.9. The minimum Gasteiger partial charge on any atom is -0.328 e. The van der Waals surface area contributed by atoms with Gasteiger partial charge in [0.1, 0.15) is 5.82 Å². The third-order valence-corrected chi connectivity index (χ3v) is 6.21. The number of benzene rings is 2. The second kappa shape index (κ2) is 8.82. The number of carbonyl (C=O) groups excluding carboxylic acids is 2. The number of hydrogen-bond acceptors (Lipinski definition) is 3. The topological polar surface area (TPSA) is 55.2 Å². The van der Waals surface area contributed by atoms with Crippen LogP contribution in [0.4, 0.5) is 5.69 Å². The Balaban J connectivity index is 1.60. The summed E-state index contributed by atoms with van der Waals surface area (Å²) in [6, 6.07) is 15.3. The zero-order valence-electron chi connectivity index (χ0n) is 17.8. The van der Waals surface area contributed by atoms with E-state index in [0.29, 0.717) is 5.56 Å². The first-order chi connectivity index (χ1) is 14.6. The van der Waals surface area contributed by atoms with Crippen LogP contribution in [0.5, 0.6) is 0 Å². The first kappa shape index (κ1) is 20.3. The van der Waals surface area contributed by atoms with Gasteiger partial charge in [0.25, 0.3) is 0 Å². The maximum Gasteiger partial charge on any atom is 0.229 e. The molecule has 0 atom stereocenters. The lowest BCUT2D eigenvalue weighted by molar-refractivity contribution is -0.123. The van der Waals surface area contributed by atoms with E-state index < -0.39 is 0 Å². The Morgan fingerprint density at radius 1 is 1.07 bits per heavy atom. The van der Waals surface area contributed by atoms with E-state index in [-0.39, 0.29) is 24.0 Å². The van der Waals surface area contributed by atoms with Crippen LogP contribution >= 0.6 is 0 Å². The van der Waals surface area contributed by atoms with E-state index in [1.165, 1.54) is 6.42 Å². The summed E-state index contributed by atoms with van der Waals surface area (Å²) in [5.41, 5.74) is 3.38. The fraction of sp³-hybridized carbons (Fsp3) is 0.400. The summed E-state index contributed by atoms with van der Waals surface area (Å²) < 4.78 is 2.09. The smallest absolute Gasteiger partial charge is 0.229 e. The monoisotopic (exact) mass is 403 g/mol. The van der Waals surface area contributed by atoms with Crippen LogP contribution in [-0.4, -0.2) is 28.3 Å². The molecule has 1 aromatic heterocycles. The first-order valence-corrected chi connectivity index (χ1v) is 10.9. The number of amides is 1. The fourth-order valence-electron chi connectivity index (χ4n) is 4.48. The van der Waals surface area contributed by atoms with Crippen LogP contribution in [0.1, 0.15) is 55.2 Å². The second-order valence-electron chi connectivity index (χ2n) is 8.14. The fourth-order valence-corrected chi connectivity index (χ4v) is 4.48. The molecule has 5 nitrogen and oxygen atoms in total. The molecule has 0 radical (unpaired) electrons. The molecule has 1 saturated carbocycles. The average molecular weight is 404 g/mol. The summed E-state index contributed by atoms with van der Waals surface area (Å²) in [5, 5.41) is 0. The van der Waals surface area contributed by atoms with Crippen molar-refractivity contribution in [2.45, 2.75) is 52.0 Å². The average Bonchev–Trinajstić information content (AvgIpc) is 3.15. The van der Waals surface area contributed by atoms with E-state index in [9.17, 15) is 9.59 Å². The summed E-state index contributed by atoms with van der Waals surface area (Å²) in [6.07, 6.45) is 5.76. The molecule has 0 saturated heterocycles. The number of fused-ring (bicyclic) bond motifs is 1. The van der Waals surface area contributed by atoms with Gasteiger partial charge in [0, 0.05) is 30.8 Å². The molecule has 2 aromatic carbocycles. The highest BCUT2D eigenvalue weighted by Crippen LogP contribution is 2.29. The molecule has 1 aliphatic rings. The van der Waals surface area contributed by atoms with Gasteiger partial charge in [-0.2, -0.15) is 0 Å². The Morgan fingerprint density at radius 3 is 2.50 bits per heavy atom. The standard InChI is InChI=1S/C25H29N3O2/c1-3-28-22-15-14-20(27(2)25(30)19-12-8-5-9-13-19)16-21(22)26-24(28)17-23(29)18-10-6-4-7-11-18/h4,6-7,10-11,14-16,19H,3,5,8-9,12-13,17H2,1-2H3. The predicted molar refractivity (Wildman–Crippen MR) is 120 cm³/mol. The highest BCUT2D eigenvalue weighted by atomic mass is 16.2. The minimum atomic E-state index is 0.0606. The number of anilines is 1. The summed E-state index contributed by atoms with van der Waals surface area (Å²) >= 11 is 0. The van der Waals surface area contributed by atoms with E-state index in [0.717, 1.165) is 54.8 Å². The molecule has 4 rings (SSSR count). The molecular weight excluding hydrogens is 374 g/mol. The molecule has 1 aliphatic carbocycles. The van der Waals surface area contributed by atoms with E-state index in [1.807, 2.05) is 55.6 Å². The molecule has 5 heteroatoms. The number of carbonyl (C=O) groups is 2. The SMILES string of the molecule is CCn1c(CC(=O)c2ccccc2)nc2cc(N(C)C(=O)C3CCCCC3)ccc21. The van der Waals surface area contributed by atoms with Crippen molar-refractivity contribution in [3.05, 3.63) is 59.9 Å². The van der Waals surface area contributed by atoms with Crippen molar-refractivity contribution in [2.75, 3.05) is 11.9 Å². The van der Waals surface area contributed by atoms with Gasteiger partial charge in [-0.1, -0.05) is 49.6 Å². The van der Waals surface area contributed by atoms with E-state index in [4.69, 9.17) is 4.98 Å². The number of aryl methyl sites for hydroxylation is 1. The maximum absolute atomic E-state index is 12.9. The molecule has 0 spiro atoms. The highest BCUT2D eigenvalue weighted by Gasteiger charge is 2.25. The van der Waals surface area contributed by atoms with Crippen LogP contribution in [-0.2, 0) is 17.8 Å². The predicted octanol–water partition coefficient (Wildman–Crippen LogP) is 5.02. The molecule has 0 bridgehead atoms. The van der Waals surface area contributed by atoms with Crippen molar-refractivity contribution >= 4 is 28.4 Å². The van der Waals surface area contributed by atoms with E-state index in [1.54, 1.807) is 4.90 Å². The van der Waals surface area contributed by atoms with Crippen LogP contribution in [0.25, 0.3) is 11.0 Å². The van der Waals surface area contributed by atoms with Crippen molar-refractivity contribution in [1.82, 2.24) is 9.55 Å². The number of nitrogens with zero attached hydrogens (tertiary/aromatic N) is 3. The molecule has 3 aromatic rings. The normalized spacial score (nSPS) is 14.7. The van der Waals surface area contributed by atoms with Crippen LogP contribution < -0.4 is 4.90 Å². The Bertz CT molecular complexity index is 1050. The van der Waals surface area contributed by atoms with Gasteiger partial charge in [0.2, 0.25) is 5.91 Å². The molecule has 156 valence electrons. The number of hydrogen-bond donors (Lipinski definition) is 0. The van der Waals surface area contributed by atoms with Crippen LogP contribution in [0, 0.1) is 5.92 Å². The zero-order chi connectivity index (χ0) is 21.1. The van der Waals surface area contributed by atoms with Crippen LogP contribution in [0.2, 0.25) is 0 Å².